The lowest BCUT2D eigenvalue weighted by Crippen LogP contribution is -2.62. The van der Waals surface area contributed by atoms with E-state index in [4.69, 9.17) is 37.9 Å². The molecule has 14 atom stereocenters. The van der Waals surface area contributed by atoms with Gasteiger partial charge in [-0.25, -0.2) is 0 Å². The monoisotopic (exact) mass is 795 g/mol. The molecule has 4 saturated heterocycles. The highest BCUT2D eigenvalue weighted by molar-refractivity contribution is 6.30. The van der Waals surface area contributed by atoms with Crippen LogP contribution >= 0.6 is 0 Å². The molecule has 57 heavy (non-hydrogen) atoms. The first-order chi connectivity index (χ1) is 27.0. The van der Waals surface area contributed by atoms with Crippen LogP contribution in [0, 0.1) is 0 Å². The highest BCUT2D eigenvalue weighted by atomic mass is 16.8. The number of carbonyl (C=O) groups excluding carboxylic acids is 4. The zero-order valence-electron chi connectivity index (χ0n) is 32.8. The molecule has 2 aliphatic carbocycles. The van der Waals surface area contributed by atoms with Crippen LogP contribution in [0.25, 0.3) is 0 Å². The maximum atomic E-state index is 13.9. The predicted molar refractivity (Wildman–Crippen MR) is 195 cm³/mol. The van der Waals surface area contributed by atoms with Crippen LogP contribution in [0.3, 0.4) is 0 Å². The maximum absolute atomic E-state index is 13.9. The van der Waals surface area contributed by atoms with Gasteiger partial charge in [0.1, 0.15) is 41.8 Å². The van der Waals surface area contributed by atoms with E-state index in [1.807, 2.05) is 32.8 Å². The van der Waals surface area contributed by atoms with E-state index in [1.165, 1.54) is 38.3 Å². The number of ketones is 3. The number of benzene rings is 2. The van der Waals surface area contributed by atoms with Crippen LogP contribution in [-0.2, 0) is 47.5 Å². The molecule has 0 amide bonds. The van der Waals surface area contributed by atoms with Crippen molar-refractivity contribution >= 4 is 23.3 Å². The quantitative estimate of drug-likeness (QED) is 0.307. The lowest BCUT2D eigenvalue weighted by atomic mass is 9.68. The SMILES string of the molecule is COC(=O)[C@@H]1c2cc3c(c(O)c2[C@@H](OC2CC(N(C)C)C(OC4CC5OC6CC(=O)C(C)OC6OC5C(C)O4)C(C)O2)C[C@@]1(C)O)C(=O)c1c(O)cccc1C3=O. The number of nitrogens with zero attached hydrogens (tertiary/aromatic N) is 1. The standard InChI is InChI=1S/C41H49NO15/c1-16-24(44)13-26-40(53-16)57-38-18(3)52-29(14-25(38)54-26)56-37-17(2)51-28(12-22(37)42(5)6)55-27-15-41(4,49)33(39(48)50-7)20-11-21-32(36(47)31(20)27)35(46)30-19(34(21)45)9-8-10-23(30)43/h8-11,16-18,22,25-29,33,37-38,40,43,47,49H,12-15H2,1-7H3/t16?,17?,18?,22?,25?,26?,27-,28?,29?,33-,37?,38?,40?,41+/m0/s1. The summed E-state index contributed by atoms with van der Waals surface area (Å²) in [6.45, 7) is 6.86. The van der Waals surface area contributed by atoms with Gasteiger partial charge in [0.15, 0.2) is 30.4 Å². The van der Waals surface area contributed by atoms with Gasteiger partial charge < -0.3 is 58.1 Å². The molecule has 3 N–H and O–H groups in total. The molecule has 308 valence electrons. The Morgan fingerprint density at radius 3 is 2.32 bits per heavy atom. The van der Waals surface area contributed by atoms with E-state index in [2.05, 4.69) is 0 Å². The van der Waals surface area contributed by atoms with Crippen LogP contribution in [0.2, 0.25) is 0 Å². The molecular formula is C41H49NO15. The van der Waals surface area contributed by atoms with E-state index in [-0.39, 0.29) is 64.5 Å². The zero-order valence-corrected chi connectivity index (χ0v) is 32.8. The van der Waals surface area contributed by atoms with E-state index >= 15 is 0 Å². The number of rotatable bonds is 6. The number of phenols is 2. The highest BCUT2D eigenvalue weighted by Crippen LogP contribution is 2.53. The third-order valence-corrected chi connectivity index (χ3v) is 12.3. The molecule has 0 spiro atoms. The molecule has 11 unspecified atom stereocenters. The molecule has 4 aliphatic heterocycles. The number of ether oxygens (including phenoxy) is 8. The Morgan fingerprint density at radius 2 is 1.60 bits per heavy atom. The molecule has 0 saturated carbocycles. The molecule has 8 rings (SSSR count). The normalized spacial score (nSPS) is 38.8. The summed E-state index contributed by atoms with van der Waals surface area (Å²) < 4.78 is 49.4. The van der Waals surface area contributed by atoms with Gasteiger partial charge in [-0.1, -0.05) is 12.1 Å². The average Bonchev–Trinajstić information content (AvgIpc) is 3.13. The number of hydrogen-bond donors (Lipinski definition) is 3. The molecule has 16 heteroatoms. The van der Waals surface area contributed by atoms with Gasteiger partial charge >= 0.3 is 5.97 Å². The third kappa shape index (κ3) is 6.78. The molecule has 4 heterocycles. The first-order valence-corrected chi connectivity index (χ1v) is 19.4. The Morgan fingerprint density at radius 1 is 0.877 bits per heavy atom. The largest absolute Gasteiger partial charge is 0.507 e. The second-order valence-corrected chi connectivity index (χ2v) is 16.4. The van der Waals surface area contributed by atoms with E-state index < -0.39 is 108 Å². The molecule has 2 aromatic carbocycles. The fraction of sp³-hybridized carbons (Fsp3) is 0.610. The number of phenolic OH excluding ortho intramolecular Hbond substituents is 2. The van der Waals surface area contributed by atoms with Gasteiger partial charge in [0, 0.05) is 48.4 Å². The summed E-state index contributed by atoms with van der Waals surface area (Å²) in [5.41, 5.74) is -2.51. The van der Waals surface area contributed by atoms with Crippen molar-refractivity contribution in [3.05, 3.63) is 57.6 Å². The highest BCUT2D eigenvalue weighted by Gasteiger charge is 2.54. The summed E-state index contributed by atoms with van der Waals surface area (Å²) in [4.78, 5) is 55.3. The summed E-state index contributed by atoms with van der Waals surface area (Å²) in [7, 11) is 4.96. The summed E-state index contributed by atoms with van der Waals surface area (Å²) in [6.07, 6.45) is -6.23. The second-order valence-electron chi connectivity index (χ2n) is 16.4. The Labute approximate surface area is 329 Å². The van der Waals surface area contributed by atoms with Gasteiger partial charge in [0.25, 0.3) is 0 Å². The fourth-order valence-electron chi connectivity index (χ4n) is 9.50. The number of aliphatic hydroxyl groups is 1. The van der Waals surface area contributed by atoms with E-state index in [0.717, 1.165) is 0 Å². The number of aromatic hydroxyl groups is 2. The summed E-state index contributed by atoms with van der Waals surface area (Å²) in [5, 5.41) is 34.4. The van der Waals surface area contributed by atoms with Crippen LogP contribution in [-0.4, -0.2) is 138 Å². The van der Waals surface area contributed by atoms with Crippen molar-refractivity contribution in [2.45, 2.75) is 139 Å². The predicted octanol–water partition coefficient (Wildman–Crippen LogP) is 2.78. The minimum absolute atomic E-state index is 0.0299. The first-order valence-electron chi connectivity index (χ1n) is 19.4. The zero-order chi connectivity index (χ0) is 40.8. The van der Waals surface area contributed by atoms with E-state index in [0.29, 0.717) is 6.42 Å². The van der Waals surface area contributed by atoms with Gasteiger partial charge in [0.2, 0.25) is 5.78 Å². The van der Waals surface area contributed by atoms with Crippen LogP contribution in [0.15, 0.2) is 24.3 Å². The van der Waals surface area contributed by atoms with Gasteiger partial charge in [-0.15, -0.1) is 0 Å². The molecule has 0 bridgehead atoms. The van der Waals surface area contributed by atoms with Crippen molar-refractivity contribution in [3.8, 4) is 11.5 Å². The minimum Gasteiger partial charge on any atom is -0.507 e. The molecule has 4 fully saturated rings. The maximum Gasteiger partial charge on any atom is 0.316 e. The molecule has 16 nitrogen and oxygen atoms in total. The van der Waals surface area contributed by atoms with Crippen LogP contribution in [0.4, 0.5) is 0 Å². The van der Waals surface area contributed by atoms with Crippen molar-refractivity contribution < 1.29 is 72.4 Å². The number of Topliss-reactive ketones (excluding diaryl/α,β-unsaturated/α-hetero) is 1. The van der Waals surface area contributed by atoms with Crippen molar-refractivity contribution in [2.24, 2.45) is 0 Å². The second kappa shape index (κ2) is 14.8. The molecule has 0 aromatic heterocycles. The van der Waals surface area contributed by atoms with Gasteiger partial charge in [-0.3, -0.25) is 19.2 Å². The van der Waals surface area contributed by atoms with Crippen LogP contribution in [0.1, 0.15) is 108 Å². The minimum atomic E-state index is -1.79. The topological polar surface area (TPSA) is 206 Å². The Balaban J connectivity index is 1.05. The molecule has 0 radical (unpaired) electrons. The number of likely N-dealkylation sites (N-methyl/N-ethyl adjacent to an activating group) is 1. The lowest BCUT2D eigenvalue weighted by Gasteiger charge is -2.51. The number of carbonyl (C=O) groups is 4. The fourth-order valence-corrected chi connectivity index (χ4v) is 9.50. The number of hydrogen-bond acceptors (Lipinski definition) is 16. The van der Waals surface area contributed by atoms with Crippen molar-refractivity contribution in [2.75, 3.05) is 21.2 Å². The van der Waals surface area contributed by atoms with Crippen LogP contribution in [0.5, 0.6) is 11.5 Å². The van der Waals surface area contributed by atoms with Gasteiger partial charge in [-0.2, -0.15) is 0 Å². The van der Waals surface area contributed by atoms with E-state index in [9.17, 15) is 34.5 Å². The number of fused-ring (bicyclic) bond motifs is 5. The van der Waals surface area contributed by atoms with Crippen molar-refractivity contribution in [1.82, 2.24) is 4.90 Å². The Bertz CT molecular complexity index is 1980. The number of methoxy groups -OCH3 is 1. The molecule has 6 aliphatic rings. The van der Waals surface area contributed by atoms with E-state index in [1.54, 1.807) is 6.92 Å². The number of esters is 1. The molecular weight excluding hydrogens is 746 g/mol. The summed E-state index contributed by atoms with van der Waals surface area (Å²) >= 11 is 0. The Kier molecular flexibility index (Phi) is 10.4. The average molecular weight is 796 g/mol. The smallest absolute Gasteiger partial charge is 0.316 e. The summed E-state index contributed by atoms with van der Waals surface area (Å²) in [6, 6.07) is 5.14. The van der Waals surface area contributed by atoms with Crippen molar-refractivity contribution in [1.29, 1.82) is 0 Å². The third-order valence-electron chi connectivity index (χ3n) is 12.3. The Hall–Kier alpha value is -3.84. The van der Waals surface area contributed by atoms with Crippen molar-refractivity contribution in [3.63, 3.8) is 0 Å². The van der Waals surface area contributed by atoms with Gasteiger partial charge in [-0.05, 0) is 59.5 Å². The lowest BCUT2D eigenvalue weighted by molar-refractivity contribution is -0.371. The summed E-state index contributed by atoms with van der Waals surface area (Å²) in [5.74, 6) is -4.64. The molecule has 2 aromatic rings. The first kappa shape index (κ1) is 40.0. The van der Waals surface area contributed by atoms with Gasteiger partial charge in [0.05, 0.1) is 48.3 Å². The van der Waals surface area contributed by atoms with Crippen LogP contribution < -0.4 is 0 Å².